The van der Waals surface area contributed by atoms with E-state index < -0.39 is 33.6 Å². The molecule has 188 valence electrons. The Balaban J connectivity index is 2.14. The number of carbonyl (C=O) groups is 1. The topological polar surface area (TPSA) is 139 Å². The van der Waals surface area contributed by atoms with Crippen molar-refractivity contribution in [2.24, 2.45) is 5.73 Å². The van der Waals surface area contributed by atoms with Gasteiger partial charge in [0, 0.05) is 23.9 Å². The minimum atomic E-state index is -4.06. The molecule has 0 aliphatic carbocycles. The number of aryl methyl sites for hydroxylation is 2. The first-order valence-electron chi connectivity index (χ1n) is 11.3. The summed E-state index contributed by atoms with van der Waals surface area (Å²) in [5, 5.41) is 13.4. The Hall–Kier alpha value is -2.46. The lowest BCUT2D eigenvalue weighted by Gasteiger charge is -2.31. The highest BCUT2D eigenvalue weighted by Gasteiger charge is 2.31. The van der Waals surface area contributed by atoms with Gasteiger partial charge in [-0.2, -0.15) is 8.42 Å². The van der Waals surface area contributed by atoms with Gasteiger partial charge in [-0.25, -0.2) is 0 Å². The van der Waals surface area contributed by atoms with Gasteiger partial charge in [-0.1, -0.05) is 50.2 Å². The van der Waals surface area contributed by atoms with Gasteiger partial charge in [-0.15, -0.1) is 0 Å². The first kappa shape index (κ1) is 27.8. The van der Waals surface area contributed by atoms with Gasteiger partial charge in [0.05, 0.1) is 11.8 Å². The van der Waals surface area contributed by atoms with E-state index >= 15 is 0 Å². The van der Waals surface area contributed by atoms with Crippen molar-refractivity contribution in [2.75, 3.05) is 12.3 Å². The summed E-state index contributed by atoms with van der Waals surface area (Å²) in [6.07, 6.45) is -0.567. The van der Waals surface area contributed by atoms with Gasteiger partial charge in [-0.3, -0.25) is 9.35 Å². The molecule has 2 aromatic carbocycles. The van der Waals surface area contributed by atoms with Crippen molar-refractivity contribution >= 4 is 16.0 Å². The fourth-order valence-corrected chi connectivity index (χ4v) is 4.64. The van der Waals surface area contributed by atoms with E-state index in [1.165, 1.54) is 0 Å². The molecule has 0 saturated carbocycles. The van der Waals surface area contributed by atoms with Gasteiger partial charge in [-0.05, 0) is 49.4 Å². The largest absolute Gasteiger partial charge is 0.463 e. The summed E-state index contributed by atoms with van der Waals surface area (Å²) in [5.41, 5.74) is 9.21. The lowest BCUT2D eigenvalue weighted by molar-refractivity contribution is -0.122. The summed E-state index contributed by atoms with van der Waals surface area (Å²) in [7, 11) is -4.06. The zero-order chi connectivity index (χ0) is 25.5. The molecule has 1 amide bonds. The Bertz CT molecular complexity index is 1070. The van der Waals surface area contributed by atoms with E-state index in [1.54, 1.807) is 0 Å². The second kappa shape index (κ2) is 11.8. The number of ether oxygens (including phenoxy) is 1. The smallest absolute Gasteiger partial charge is 0.264 e. The number of aliphatic hydroxyl groups is 1. The molecule has 0 fully saturated rings. The molecule has 2 rings (SSSR count). The molecule has 8 nitrogen and oxygen atoms in total. The highest BCUT2D eigenvalue weighted by Crippen LogP contribution is 2.38. The van der Waals surface area contributed by atoms with Crippen molar-refractivity contribution in [1.29, 1.82) is 0 Å². The molecule has 0 heterocycles. The SMILES string of the molecule is Cc1cc(C)c(C(C)(C)CC(=O)NCCCS(=O)(=O)O)c(OC(O)[C@@H](N)Cc2ccccc2)c1. The van der Waals surface area contributed by atoms with Crippen LogP contribution in [-0.2, 0) is 26.7 Å². The Labute approximate surface area is 202 Å². The van der Waals surface area contributed by atoms with Crippen LogP contribution in [-0.4, -0.2) is 48.6 Å². The maximum absolute atomic E-state index is 12.5. The van der Waals surface area contributed by atoms with Crippen LogP contribution in [0.1, 0.15) is 48.9 Å². The van der Waals surface area contributed by atoms with E-state index in [2.05, 4.69) is 5.32 Å². The van der Waals surface area contributed by atoms with Crippen LogP contribution in [0.5, 0.6) is 5.75 Å². The first-order valence-corrected chi connectivity index (χ1v) is 12.9. The molecule has 34 heavy (non-hydrogen) atoms. The standard InChI is InChI=1S/C25H36N2O6S/c1-17-13-18(2)23(25(3,4)16-22(28)27-11-8-12-34(30,31)32)21(14-17)33-24(29)20(26)15-19-9-6-5-7-10-19/h5-7,9-10,13-14,20,24,29H,8,11-12,15-16,26H2,1-4H3,(H,27,28)(H,30,31,32)/t20-,24?/m0/s1. The first-order chi connectivity index (χ1) is 15.8. The third kappa shape index (κ3) is 8.72. The van der Waals surface area contributed by atoms with Gasteiger partial charge in [0.2, 0.25) is 12.2 Å². The molecular formula is C25H36N2O6S. The summed E-state index contributed by atoms with van der Waals surface area (Å²) in [6, 6.07) is 12.8. The number of aliphatic hydroxyl groups excluding tert-OH is 1. The Morgan fingerprint density at radius 3 is 2.44 bits per heavy atom. The summed E-state index contributed by atoms with van der Waals surface area (Å²) in [6.45, 7) is 7.81. The second-order valence-corrected chi connectivity index (χ2v) is 10.9. The molecule has 0 spiro atoms. The summed E-state index contributed by atoms with van der Waals surface area (Å²) in [5.74, 6) is -0.197. The van der Waals surface area contributed by atoms with Crippen LogP contribution < -0.4 is 15.8 Å². The molecule has 2 atom stereocenters. The average molecular weight is 493 g/mol. The number of carbonyl (C=O) groups excluding carboxylic acids is 1. The van der Waals surface area contributed by atoms with Gasteiger partial charge < -0.3 is 20.9 Å². The summed E-state index contributed by atoms with van der Waals surface area (Å²) < 4.78 is 36.4. The van der Waals surface area contributed by atoms with Crippen molar-refractivity contribution in [3.8, 4) is 5.75 Å². The van der Waals surface area contributed by atoms with Crippen molar-refractivity contribution in [3.05, 3.63) is 64.7 Å². The minimum absolute atomic E-state index is 0.116. The highest BCUT2D eigenvalue weighted by molar-refractivity contribution is 7.85. The van der Waals surface area contributed by atoms with Crippen molar-refractivity contribution in [3.63, 3.8) is 0 Å². The maximum atomic E-state index is 12.5. The molecule has 0 bridgehead atoms. The number of benzene rings is 2. The van der Waals surface area contributed by atoms with E-state index in [0.717, 1.165) is 22.3 Å². The van der Waals surface area contributed by atoms with Crippen LogP contribution in [0.3, 0.4) is 0 Å². The molecule has 5 N–H and O–H groups in total. The van der Waals surface area contributed by atoms with Gasteiger partial charge in [0.1, 0.15) is 5.75 Å². The van der Waals surface area contributed by atoms with Gasteiger partial charge in [0.15, 0.2) is 0 Å². The molecule has 0 aliphatic heterocycles. The number of amides is 1. The predicted molar refractivity (Wildman–Crippen MR) is 132 cm³/mol. The molecule has 0 aromatic heterocycles. The van der Waals surface area contributed by atoms with Crippen LogP contribution in [0.25, 0.3) is 0 Å². The van der Waals surface area contributed by atoms with Crippen LogP contribution in [0.15, 0.2) is 42.5 Å². The molecular weight excluding hydrogens is 456 g/mol. The predicted octanol–water partition coefficient (Wildman–Crippen LogP) is 2.63. The Morgan fingerprint density at radius 2 is 1.82 bits per heavy atom. The fourth-order valence-electron chi connectivity index (χ4n) is 4.13. The number of rotatable bonds is 12. The lowest BCUT2D eigenvalue weighted by atomic mass is 9.78. The molecule has 2 aromatic rings. The van der Waals surface area contributed by atoms with Crippen LogP contribution in [0, 0.1) is 13.8 Å². The normalized spacial score (nSPS) is 13.9. The van der Waals surface area contributed by atoms with Crippen molar-refractivity contribution in [1.82, 2.24) is 5.32 Å². The van der Waals surface area contributed by atoms with Crippen molar-refractivity contribution in [2.45, 2.75) is 64.7 Å². The van der Waals surface area contributed by atoms with E-state index in [4.69, 9.17) is 15.0 Å². The average Bonchev–Trinajstić information content (AvgIpc) is 2.70. The zero-order valence-electron chi connectivity index (χ0n) is 20.2. The third-order valence-corrected chi connectivity index (χ3v) is 6.36. The minimum Gasteiger partial charge on any atom is -0.463 e. The van der Waals surface area contributed by atoms with Crippen molar-refractivity contribution < 1.29 is 27.6 Å². The molecule has 0 aliphatic rings. The van der Waals surface area contributed by atoms with Gasteiger partial charge in [0.25, 0.3) is 10.1 Å². The molecule has 1 unspecified atom stereocenters. The third-order valence-electron chi connectivity index (χ3n) is 5.55. The molecule has 9 heteroatoms. The molecule has 0 radical (unpaired) electrons. The fraction of sp³-hybridized carbons (Fsp3) is 0.480. The maximum Gasteiger partial charge on any atom is 0.264 e. The monoisotopic (exact) mass is 492 g/mol. The van der Waals surface area contributed by atoms with Crippen LogP contribution in [0.2, 0.25) is 0 Å². The lowest BCUT2D eigenvalue weighted by Crippen LogP contribution is -2.41. The number of nitrogens with two attached hydrogens (primary N) is 1. The van der Waals surface area contributed by atoms with E-state index in [0.29, 0.717) is 12.2 Å². The quantitative estimate of drug-likeness (QED) is 0.203. The number of nitrogens with one attached hydrogen (secondary N) is 1. The second-order valence-electron chi connectivity index (χ2n) is 9.37. The summed E-state index contributed by atoms with van der Waals surface area (Å²) in [4.78, 5) is 12.5. The highest BCUT2D eigenvalue weighted by atomic mass is 32.2. The van der Waals surface area contributed by atoms with E-state index in [1.807, 2.05) is 70.2 Å². The van der Waals surface area contributed by atoms with E-state index in [9.17, 15) is 18.3 Å². The molecule has 0 saturated heterocycles. The summed E-state index contributed by atoms with van der Waals surface area (Å²) >= 11 is 0. The zero-order valence-corrected chi connectivity index (χ0v) is 21.1. The number of hydrogen-bond donors (Lipinski definition) is 4. The van der Waals surface area contributed by atoms with Gasteiger partial charge >= 0.3 is 0 Å². The number of hydrogen-bond acceptors (Lipinski definition) is 6. The van der Waals surface area contributed by atoms with Crippen LogP contribution in [0.4, 0.5) is 0 Å². The Kier molecular flexibility index (Phi) is 9.64. The van der Waals surface area contributed by atoms with E-state index in [-0.39, 0.29) is 25.3 Å². The van der Waals surface area contributed by atoms with Crippen LogP contribution >= 0.6 is 0 Å². The Morgan fingerprint density at radius 1 is 1.18 bits per heavy atom.